The van der Waals surface area contributed by atoms with Crippen LogP contribution in [0.2, 0.25) is 0 Å². The normalized spacial score (nSPS) is 10.9. The second-order valence-electron chi connectivity index (χ2n) is 8.03. The van der Waals surface area contributed by atoms with E-state index in [0.717, 1.165) is 27.1 Å². The molecule has 4 aromatic carbocycles. The monoisotopic (exact) mass is 678 g/mol. The van der Waals surface area contributed by atoms with Crippen molar-refractivity contribution in [1.29, 1.82) is 0 Å². The second kappa shape index (κ2) is 16.9. The molecule has 0 saturated heterocycles. The Morgan fingerprint density at radius 1 is 0.525 bits per heavy atom. The lowest BCUT2D eigenvalue weighted by atomic mass is 10.0. The fraction of sp³-hybridized carbons (Fsp3) is 0.0714. The molecule has 0 heterocycles. The molecule has 0 spiro atoms. The fourth-order valence-corrected chi connectivity index (χ4v) is 14.7. The maximum absolute atomic E-state index is 11.8. The van der Waals surface area contributed by atoms with Gasteiger partial charge in [0.05, 0.1) is 11.1 Å². The fourth-order valence-electron chi connectivity index (χ4n) is 3.39. The van der Waals surface area contributed by atoms with Gasteiger partial charge in [0.2, 0.25) is 0 Å². The first kappa shape index (κ1) is 31.6. The largest absolute Gasteiger partial charge is 0.478 e. The van der Waals surface area contributed by atoms with Crippen LogP contribution in [0.25, 0.3) is 11.1 Å². The van der Waals surface area contributed by atoms with Gasteiger partial charge in [0.25, 0.3) is 0 Å². The van der Waals surface area contributed by atoms with Gasteiger partial charge in [-0.2, -0.15) is 0 Å². The minimum Gasteiger partial charge on any atom is -0.478 e. The van der Waals surface area contributed by atoms with Crippen LogP contribution in [-0.2, 0) is 11.5 Å². The van der Waals surface area contributed by atoms with Crippen molar-refractivity contribution < 1.29 is 19.8 Å². The molecule has 0 aliphatic carbocycles. The van der Waals surface area contributed by atoms with E-state index in [1.165, 1.54) is 4.90 Å². The van der Waals surface area contributed by atoms with Crippen molar-refractivity contribution >= 4 is 94.4 Å². The van der Waals surface area contributed by atoms with E-state index in [-0.39, 0.29) is 5.56 Å². The Kier molecular flexibility index (Phi) is 13.3. The number of carbonyl (C=O) groups is 2. The third kappa shape index (κ3) is 10.5. The molecule has 2 N–H and O–H groups in total. The van der Waals surface area contributed by atoms with E-state index in [4.69, 9.17) is 5.11 Å². The summed E-state index contributed by atoms with van der Waals surface area (Å²) in [6.45, 7) is 0. The van der Waals surface area contributed by atoms with Crippen LogP contribution in [0.5, 0.6) is 0 Å². The minimum atomic E-state index is -0.940. The highest BCUT2D eigenvalue weighted by molar-refractivity contribution is 9.26. The molecule has 40 heavy (non-hydrogen) atoms. The summed E-state index contributed by atoms with van der Waals surface area (Å²) in [5, 5.41) is 18.8. The lowest BCUT2D eigenvalue weighted by Crippen LogP contribution is -1.98. The van der Waals surface area contributed by atoms with Gasteiger partial charge in [-0.3, -0.25) is 0 Å². The van der Waals surface area contributed by atoms with Crippen LogP contribution < -0.4 is 0 Å². The lowest BCUT2D eigenvalue weighted by molar-refractivity contribution is 0.0686. The molecule has 12 heteroatoms. The molecule has 4 nitrogen and oxygen atoms in total. The van der Waals surface area contributed by atoms with Gasteiger partial charge in [0, 0.05) is 21.3 Å². The summed E-state index contributed by atoms with van der Waals surface area (Å²) in [4.78, 5) is 25.3. The van der Waals surface area contributed by atoms with E-state index in [9.17, 15) is 14.7 Å². The Morgan fingerprint density at radius 2 is 1.15 bits per heavy atom. The van der Waals surface area contributed by atoms with E-state index in [0.29, 0.717) is 17.1 Å². The van der Waals surface area contributed by atoms with Gasteiger partial charge in [-0.25, -0.2) is 9.59 Å². The van der Waals surface area contributed by atoms with Crippen molar-refractivity contribution in [2.45, 2.75) is 21.3 Å². The van der Waals surface area contributed by atoms with Crippen LogP contribution in [0.4, 0.5) is 0 Å². The van der Waals surface area contributed by atoms with E-state index >= 15 is 0 Å². The van der Waals surface area contributed by atoms with Crippen LogP contribution in [0.15, 0.2) is 107 Å². The molecular formula is C28H22O4S8. The molecule has 0 amide bonds. The molecular weight excluding hydrogens is 657 g/mol. The predicted octanol–water partition coefficient (Wildman–Crippen LogP) is 11.2. The summed E-state index contributed by atoms with van der Waals surface area (Å²) in [7, 11) is 13.4. The lowest BCUT2D eigenvalue weighted by Gasteiger charge is -2.09. The van der Waals surface area contributed by atoms with Crippen LogP contribution in [-0.4, -0.2) is 22.2 Å². The number of carboxylic acid groups (broad SMARTS) is 2. The van der Waals surface area contributed by atoms with Gasteiger partial charge < -0.3 is 10.2 Å². The number of benzene rings is 4. The van der Waals surface area contributed by atoms with Crippen molar-refractivity contribution in [2.24, 2.45) is 0 Å². The van der Waals surface area contributed by atoms with Crippen molar-refractivity contribution in [3.8, 4) is 11.1 Å². The molecule has 0 aliphatic rings. The first-order chi connectivity index (χ1) is 19.5. The number of carboxylic acids is 2. The summed E-state index contributed by atoms with van der Waals surface area (Å²) in [6, 6.07) is 30.9. The summed E-state index contributed by atoms with van der Waals surface area (Å²) >= 11 is 0. The minimum absolute atomic E-state index is 0.278. The third-order valence-electron chi connectivity index (χ3n) is 5.19. The number of rotatable bonds is 15. The first-order valence-electron chi connectivity index (χ1n) is 11.6. The van der Waals surface area contributed by atoms with Gasteiger partial charge in [-0.05, 0) is 132 Å². The van der Waals surface area contributed by atoms with Crippen molar-refractivity contribution in [2.75, 3.05) is 0 Å². The zero-order valence-corrected chi connectivity index (χ0v) is 27.2. The van der Waals surface area contributed by atoms with Crippen molar-refractivity contribution in [3.63, 3.8) is 0 Å². The predicted molar refractivity (Wildman–Crippen MR) is 183 cm³/mol. The highest BCUT2D eigenvalue weighted by Gasteiger charge is 2.11. The Labute approximate surface area is 263 Å². The molecule has 0 atom stereocenters. The van der Waals surface area contributed by atoms with E-state index in [1.807, 2.05) is 36.4 Å². The van der Waals surface area contributed by atoms with Gasteiger partial charge in [-0.1, -0.05) is 70.1 Å². The molecule has 0 saturated carbocycles. The average Bonchev–Trinajstić information content (AvgIpc) is 2.98. The maximum atomic E-state index is 11.8. The Hall–Kier alpha value is -1.38. The topological polar surface area (TPSA) is 74.6 Å². The maximum Gasteiger partial charge on any atom is 0.335 e. The van der Waals surface area contributed by atoms with E-state index < -0.39 is 11.9 Å². The van der Waals surface area contributed by atoms with Gasteiger partial charge in [-0.15, -0.1) is 0 Å². The Bertz CT molecular complexity index is 1440. The summed E-state index contributed by atoms with van der Waals surface area (Å²) in [5.74, 6) is -0.495. The molecule has 4 rings (SSSR count). The van der Waals surface area contributed by atoms with Crippen LogP contribution in [0, 0.1) is 0 Å². The smallest absolute Gasteiger partial charge is 0.335 e. The van der Waals surface area contributed by atoms with E-state index in [2.05, 4.69) is 30.3 Å². The van der Waals surface area contributed by atoms with Crippen LogP contribution >= 0.6 is 82.5 Å². The Balaban J connectivity index is 1.30. The van der Waals surface area contributed by atoms with Crippen molar-refractivity contribution in [1.82, 2.24) is 0 Å². The van der Waals surface area contributed by atoms with Gasteiger partial charge in [0.1, 0.15) is 0 Å². The highest BCUT2D eigenvalue weighted by Crippen LogP contribution is 2.49. The molecule has 0 fully saturated rings. The average molecular weight is 679 g/mol. The zero-order valence-electron chi connectivity index (χ0n) is 20.6. The molecule has 206 valence electrons. The highest BCUT2D eigenvalue weighted by atomic mass is 33.7. The van der Waals surface area contributed by atoms with E-state index in [1.54, 1.807) is 113 Å². The van der Waals surface area contributed by atoms with Gasteiger partial charge >= 0.3 is 11.9 Å². The van der Waals surface area contributed by atoms with Crippen molar-refractivity contribution in [3.05, 3.63) is 119 Å². The molecule has 4 aromatic rings. The number of hydrogen-bond acceptors (Lipinski definition) is 10. The molecule has 0 radical (unpaired) electrons. The quantitative estimate of drug-likeness (QED) is 0.0928. The summed E-state index contributed by atoms with van der Waals surface area (Å²) in [6.07, 6.45) is 0. The van der Waals surface area contributed by atoms with Gasteiger partial charge in [0.15, 0.2) is 0 Å². The zero-order chi connectivity index (χ0) is 28.2. The summed E-state index contributed by atoms with van der Waals surface area (Å²) < 4.78 is 0. The first-order valence-corrected chi connectivity index (χ1v) is 21.6. The molecule has 0 aromatic heterocycles. The molecule has 0 unspecified atom stereocenters. The SMILES string of the molecule is O=C(O)c1cccc(CSSSSCc2cc(C(=O)O)cc(-c3cccc(SSSSc4ccccc4)c3)c2)c1. The summed E-state index contributed by atoms with van der Waals surface area (Å²) in [5.41, 5.74) is 4.37. The third-order valence-corrected chi connectivity index (χ3v) is 17.6. The Morgan fingerprint density at radius 3 is 1.88 bits per heavy atom. The number of aromatic carboxylic acids is 2. The van der Waals surface area contributed by atoms with Crippen LogP contribution in [0.3, 0.4) is 0 Å². The number of hydrogen-bond donors (Lipinski definition) is 2. The van der Waals surface area contributed by atoms with Crippen LogP contribution in [0.1, 0.15) is 31.8 Å². The standard InChI is InChI=1S/C28H22O4S8/c29-27(30)22-8-4-6-19(12-22)17-33-37-38-34-18-20-13-23(15-24(14-20)28(31)32)21-7-5-11-26(16-21)36-40-39-35-25-9-2-1-3-10-25/h1-16H,17-18H2,(H,29,30)(H,31,32). The second-order valence-corrected chi connectivity index (χ2v) is 19.8. The molecule has 0 aliphatic heterocycles. The molecule has 0 bridgehead atoms.